The van der Waals surface area contributed by atoms with Crippen LogP contribution in [0.2, 0.25) is 0 Å². The monoisotopic (exact) mass is 170 g/mol. The van der Waals surface area contributed by atoms with Crippen molar-refractivity contribution in [2.75, 3.05) is 0 Å². The van der Waals surface area contributed by atoms with Crippen LogP contribution in [-0.2, 0) is 0 Å². The normalized spacial score (nSPS) is 11.7. The first kappa shape index (κ1) is 8.22. The van der Waals surface area contributed by atoms with Crippen LogP contribution in [-0.4, -0.2) is 5.11 Å². The van der Waals surface area contributed by atoms with E-state index in [0.717, 1.165) is 5.56 Å². The second kappa shape index (κ2) is 4.09. The Morgan fingerprint density at radius 1 is 1.27 bits per heavy atom. The third-order valence-electron chi connectivity index (χ3n) is 1.23. The van der Waals surface area contributed by atoms with Gasteiger partial charge < -0.3 is 5.11 Å². The number of phenols is 1. The van der Waals surface area contributed by atoms with Crippen molar-refractivity contribution in [3.63, 3.8) is 0 Å². The van der Waals surface area contributed by atoms with Gasteiger partial charge in [-0.1, -0.05) is 18.2 Å². The highest BCUT2D eigenvalue weighted by Crippen LogP contribution is 2.16. The molecule has 0 amide bonds. The topological polar surface area (TPSA) is 20.2 Å². The smallest absolute Gasteiger partial charge is 0.115 e. The second-order valence-corrected chi connectivity index (χ2v) is 2.59. The van der Waals surface area contributed by atoms with Crippen LogP contribution in [0.3, 0.4) is 0 Å². The molecule has 1 nitrogen and oxygen atoms in total. The minimum absolute atomic E-state index is 0.227. The SMILES string of the molecule is Oc1ccc(/C=C/PF)cc1. The Kier molecular flexibility index (Phi) is 3.06. The van der Waals surface area contributed by atoms with Crippen molar-refractivity contribution in [3.05, 3.63) is 35.6 Å². The molecule has 0 saturated carbocycles. The van der Waals surface area contributed by atoms with Crippen LogP contribution in [0.15, 0.2) is 30.1 Å². The first-order valence-corrected chi connectivity index (χ1v) is 4.10. The van der Waals surface area contributed by atoms with Gasteiger partial charge in [0.25, 0.3) is 0 Å². The summed E-state index contributed by atoms with van der Waals surface area (Å²) < 4.78 is 11.6. The molecule has 0 heterocycles. The molecular weight excluding hydrogens is 162 g/mol. The van der Waals surface area contributed by atoms with Crippen molar-refractivity contribution in [2.45, 2.75) is 0 Å². The number of halogens is 1. The fourth-order valence-electron chi connectivity index (χ4n) is 0.713. The van der Waals surface area contributed by atoms with Gasteiger partial charge in [-0.25, -0.2) is 4.20 Å². The van der Waals surface area contributed by atoms with E-state index in [0.29, 0.717) is 0 Å². The van der Waals surface area contributed by atoms with Crippen LogP contribution >= 0.6 is 8.89 Å². The summed E-state index contributed by atoms with van der Waals surface area (Å²) in [6.45, 7) is 0. The molecule has 0 radical (unpaired) electrons. The van der Waals surface area contributed by atoms with Crippen LogP contribution in [0.1, 0.15) is 5.56 Å². The van der Waals surface area contributed by atoms with Gasteiger partial charge in [0.1, 0.15) is 5.75 Å². The maximum Gasteiger partial charge on any atom is 0.115 e. The van der Waals surface area contributed by atoms with Gasteiger partial charge in [0.2, 0.25) is 0 Å². The van der Waals surface area contributed by atoms with Crippen LogP contribution in [0.4, 0.5) is 4.20 Å². The van der Waals surface area contributed by atoms with Gasteiger partial charge in [-0.05, 0) is 23.5 Å². The molecule has 11 heavy (non-hydrogen) atoms. The summed E-state index contributed by atoms with van der Waals surface area (Å²) in [4.78, 5) is 0. The van der Waals surface area contributed by atoms with Gasteiger partial charge in [-0.2, -0.15) is 0 Å². The molecule has 0 aliphatic carbocycles. The standard InChI is InChI=1S/C8H8FOP/c9-11-6-5-7-1-3-8(10)4-2-7/h1-6,10-11H/b6-5+. The lowest BCUT2D eigenvalue weighted by Crippen LogP contribution is -1.68. The van der Waals surface area contributed by atoms with E-state index in [2.05, 4.69) is 0 Å². The minimum atomic E-state index is -0.662. The molecule has 1 unspecified atom stereocenters. The predicted molar refractivity (Wildman–Crippen MR) is 46.6 cm³/mol. The number of benzene rings is 1. The molecule has 0 fully saturated rings. The molecule has 0 aromatic heterocycles. The van der Waals surface area contributed by atoms with Crippen molar-refractivity contribution >= 4 is 15.0 Å². The summed E-state index contributed by atoms with van der Waals surface area (Å²) in [5.74, 6) is 1.68. The third kappa shape index (κ3) is 2.69. The lowest BCUT2D eigenvalue weighted by molar-refractivity contribution is 0.475. The number of phenolic OH excluding ortho intramolecular Hbond substituents is 1. The van der Waals surface area contributed by atoms with Crippen molar-refractivity contribution in [1.82, 2.24) is 0 Å². The highest BCUT2D eigenvalue weighted by atomic mass is 31.1. The van der Waals surface area contributed by atoms with Gasteiger partial charge in [-0.15, -0.1) is 0 Å². The van der Waals surface area contributed by atoms with E-state index < -0.39 is 8.89 Å². The number of hydrogen-bond donors (Lipinski definition) is 1. The molecule has 1 aromatic carbocycles. The molecule has 0 bridgehead atoms. The predicted octanol–water partition coefficient (Wildman–Crippen LogP) is 2.93. The van der Waals surface area contributed by atoms with Crippen LogP contribution in [0, 0.1) is 0 Å². The minimum Gasteiger partial charge on any atom is -0.508 e. The molecule has 1 rings (SSSR count). The van der Waals surface area contributed by atoms with E-state index in [1.807, 2.05) is 0 Å². The van der Waals surface area contributed by atoms with Crippen molar-refractivity contribution in [1.29, 1.82) is 0 Å². The van der Waals surface area contributed by atoms with Gasteiger partial charge >= 0.3 is 0 Å². The molecule has 1 aromatic rings. The molecule has 1 atom stereocenters. The van der Waals surface area contributed by atoms with E-state index in [4.69, 9.17) is 5.11 Å². The number of hydrogen-bond acceptors (Lipinski definition) is 1. The van der Waals surface area contributed by atoms with E-state index in [-0.39, 0.29) is 5.75 Å². The largest absolute Gasteiger partial charge is 0.508 e. The Balaban J connectivity index is 2.73. The molecule has 0 spiro atoms. The fraction of sp³-hybridized carbons (Fsp3) is 0. The van der Waals surface area contributed by atoms with E-state index in [1.165, 1.54) is 5.82 Å². The van der Waals surface area contributed by atoms with Gasteiger partial charge in [-0.3, -0.25) is 0 Å². The van der Waals surface area contributed by atoms with Crippen molar-refractivity contribution in [3.8, 4) is 5.75 Å². The van der Waals surface area contributed by atoms with Gasteiger partial charge in [0.15, 0.2) is 0 Å². The summed E-state index contributed by atoms with van der Waals surface area (Å²) in [5.41, 5.74) is 0.896. The molecule has 0 saturated heterocycles. The van der Waals surface area contributed by atoms with Crippen LogP contribution in [0.5, 0.6) is 5.75 Å². The summed E-state index contributed by atoms with van der Waals surface area (Å²) in [6.07, 6.45) is 1.68. The Hall–Kier alpha value is -0.880. The van der Waals surface area contributed by atoms with Crippen molar-refractivity contribution in [2.24, 2.45) is 0 Å². The summed E-state index contributed by atoms with van der Waals surface area (Å²) in [7, 11) is -0.662. The molecule has 58 valence electrons. The average Bonchev–Trinajstić information content (AvgIpc) is 2.04. The molecule has 0 aliphatic rings. The molecule has 3 heteroatoms. The zero-order chi connectivity index (χ0) is 8.10. The number of aromatic hydroxyl groups is 1. The van der Waals surface area contributed by atoms with Crippen molar-refractivity contribution < 1.29 is 9.30 Å². The van der Waals surface area contributed by atoms with E-state index in [1.54, 1.807) is 30.3 Å². The van der Waals surface area contributed by atoms with Crippen LogP contribution in [0.25, 0.3) is 6.08 Å². The first-order chi connectivity index (χ1) is 5.33. The zero-order valence-corrected chi connectivity index (χ0v) is 6.79. The zero-order valence-electron chi connectivity index (χ0n) is 5.79. The lowest BCUT2D eigenvalue weighted by atomic mass is 10.2. The van der Waals surface area contributed by atoms with E-state index in [9.17, 15) is 4.20 Å². The quantitative estimate of drug-likeness (QED) is 0.676. The van der Waals surface area contributed by atoms with E-state index >= 15 is 0 Å². The highest BCUT2D eigenvalue weighted by molar-refractivity contribution is 7.35. The first-order valence-electron chi connectivity index (χ1n) is 3.14. The number of rotatable bonds is 2. The fourth-order valence-corrected chi connectivity index (χ4v) is 0.969. The lowest BCUT2D eigenvalue weighted by Gasteiger charge is -1.92. The van der Waals surface area contributed by atoms with Gasteiger partial charge in [0, 0.05) is 0 Å². The summed E-state index contributed by atoms with van der Waals surface area (Å²) in [5, 5.41) is 8.89. The van der Waals surface area contributed by atoms with Gasteiger partial charge in [0.05, 0.1) is 8.89 Å². The Bertz CT molecular complexity index is 243. The Morgan fingerprint density at radius 3 is 2.45 bits per heavy atom. The summed E-state index contributed by atoms with van der Waals surface area (Å²) in [6, 6.07) is 6.60. The molecule has 1 N–H and O–H groups in total. The Morgan fingerprint density at radius 2 is 1.91 bits per heavy atom. The van der Waals surface area contributed by atoms with Crippen LogP contribution < -0.4 is 0 Å². The second-order valence-electron chi connectivity index (χ2n) is 2.03. The summed E-state index contributed by atoms with van der Waals surface area (Å²) >= 11 is 0. The third-order valence-corrected chi connectivity index (χ3v) is 1.52. The maximum absolute atomic E-state index is 11.6. The maximum atomic E-state index is 11.6. The Labute approximate surface area is 66.5 Å². The molecular formula is C8H8FOP. The highest BCUT2D eigenvalue weighted by Gasteiger charge is 1.86. The molecule has 0 aliphatic heterocycles. The average molecular weight is 170 g/mol.